The Labute approximate surface area is 152 Å². The number of anilines is 1. The molecule has 0 aliphatic rings. The highest BCUT2D eigenvalue weighted by molar-refractivity contribution is 7.73. The molecule has 0 unspecified atom stereocenters. The normalized spacial score (nSPS) is 11.9. The summed E-state index contributed by atoms with van der Waals surface area (Å²) in [5.41, 5.74) is 1.83. The highest BCUT2D eigenvalue weighted by Gasteiger charge is 2.21. The maximum absolute atomic E-state index is 12.1. The fourth-order valence-electron chi connectivity index (χ4n) is 2.42. The third kappa shape index (κ3) is 4.22. The molecular weight excluding hydrogens is 360 g/mol. The van der Waals surface area contributed by atoms with E-state index in [1.54, 1.807) is 0 Å². The number of carbonyl (C=O) groups excluding carboxylic acids is 2. The predicted molar refractivity (Wildman–Crippen MR) is 99.3 cm³/mol. The minimum atomic E-state index is -0.732. The molecule has 3 amide bonds. The van der Waals surface area contributed by atoms with Gasteiger partial charge in [0.2, 0.25) is 11.0 Å². The van der Waals surface area contributed by atoms with Gasteiger partial charge in [-0.1, -0.05) is 29.5 Å². The zero-order chi connectivity index (χ0) is 17.8. The van der Waals surface area contributed by atoms with Crippen LogP contribution < -0.4 is 16.0 Å². The molecule has 25 heavy (non-hydrogen) atoms. The predicted octanol–water partition coefficient (Wildman–Crippen LogP) is 2.16. The van der Waals surface area contributed by atoms with E-state index in [1.807, 2.05) is 30.3 Å². The lowest BCUT2D eigenvalue weighted by molar-refractivity contribution is -0.122. The average molecular weight is 376 g/mol. The second-order valence-corrected chi connectivity index (χ2v) is 6.94. The van der Waals surface area contributed by atoms with Crippen molar-refractivity contribution in [1.82, 2.24) is 25.8 Å². The van der Waals surface area contributed by atoms with Crippen molar-refractivity contribution in [2.45, 2.75) is 12.5 Å². The molecule has 0 saturated carbocycles. The van der Waals surface area contributed by atoms with E-state index in [-0.39, 0.29) is 5.91 Å². The molecule has 2 heterocycles. The largest absolute Gasteiger partial charge is 0.358 e. The molecule has 10 heteroatoms. The molecule has 0 aliphatic carbocycles. The summed E-state index contributed by atoms with van der Waals surface area (Å²) in [6.45, 7) is 0. The molecule has 5 N–H and O–H groups in total. The smallest absolute Gasteiger partial charge is 0.321 e. The van der Waals surface area contributed by atoms with Crippen molar-refractivity contribution in [2.75, 3.05) is 12.4 Å². The zero-order valence-corrected chi connectivity index (χ0v) is 14.9. The Morgan fingerprint density at radius 3 is 2.84 bits per heavy atom. The van der Waals surface area contributed by atoms with Crippen molar-refractivity contribution >= 4 is 51.5 Å². The first-order valence-corrected chi connectivity index (χ1v) is 8.69. The van der Waals surface area contributed by atoms with Crippen LogP contribution in [0.4, 0.5) is 9.93 Å². The molecule has 0 spiro atoms. The molecule has 0 saturated heterocycles. The number of amides is 3. The summed E-state index contributed by atoms with van der Waals surface area (Å²) in [7, 11) is 1.53. The number of fused-ring (bicyclic) bond motifs is 1. The lowest BCUT2D eigenvalue weighted by atomic mass is 10.1. The molecule has 3 rings (SSSR count). The molecule has 0 radical (unpaired) electrons. The van der Waals surface area contributed by atoms with Gasteiger partial charge in [0, 0.05) is 24.7 Å². The van der Waals surface area contributed by atoms with E-state index in [0.717, 1.165) is 27.9 Å². The molecule has 0 fully saturated rings. The topological polar surface area (TPSA) is 115 Å². The second-order valence-electron chi connectivity index (χ2n) is 5.27. The minimum Gasteiger partial charge on any atom is -0.358 e. The van der Waals surface area contributed by atoms with Crippen molar-refractivity contribution in [3.8, 4) is 0 Å². The summed E-state index contributed by atoms with van der Waals surface area (Å²) in [6.07, 6.45) is 0.331. The Hall–Kier alpha value is -2.72. The van der Waals surface area contributed by atoms with E-state index >= 15 is 0 Å². The van der Waals surface area contributed by atoms with Gasteiger partial charge in [-0.25, -0.2) is 4.79 Å². The van der Waals surface area contributed by atoms with Crippen LogP contribution >= 0.6 is 23.6 Å². The van der Waals surface area contributed by atoms with E-state index in [4.69, 9.17) is 12.2 Å². The molecular formula is C15H16N6O2S2. The van der Waals surface area contributed by atoms with Crippen molar-refractivity contribution in [3.05, 3.63) is 40.0 Å². The summed E-state index contributed by atoms with van der Waals surface area (Å²) in [5, 5.41) is 15.6. The molecule has 3 aromatic rings. The van der Waals surface area contributed by atoms with Gasteiger partial charge in [0.25, 0.3) is 0 Å². The van der Waals surface area contributed by atoms with Crippen molar-refractivity contribution in [3.63, 3.8) is 0 Å². The van der Waals surface area contributed by atoms with Crippen LogP contribution in [0, 0.1) is 3.95 Å². The third-order valence-corrected chi connectivity index (χ3v) is 4.54. The standard InChI is InChI=1S/C15H16N6O2S2/c1-16-12(22)11(18-13(23)19-14-20-21-15(24)25-14)7-9-6-8-4-2-3-5-10(8)17-9/h2-6,11,17H,7H2,1H3,(H,16,22)(H,21,24)(H2,18,19,20,23)/t11-/m0/s1. The molecule has 8 nitrogen and oxygen atoms in total. The maximum Gasteiger partial charge on any atom is 0.321 e. The summed E-state index contributed by atoms with van der Waals surface area (Å²) >= 11 is 6.05. The van der Waals surface area contributed by atoms with Crippen LogP contribution in [0.5, 0.6) is 0 Å². The number of aromatic amines is 2. The number of nitrogens with zero attached hydrogens (tertiary/aromatic N) is 1. The van der Waals surface area contributed by atoms with Gasteiger partial charge >= 0.3 is 6.03 Å². The fourth-order valence-corrected chi connectivity index (χ4v) is 3.21. The van der Waals surface area contributed by atoms with Gasteiger partial charge in [0.15, 0.2) is 3.95 Å². The first-order chi connectivity index (χ1) is 12.0. The lowest BCUT2D eigenvalue weighted by Crippen LogP contribution is -2.48. The number of urea groups is 1. The lowest BCUT2D eigenvalue weighted by Gasteiger charge is -2.16. The number of H-pyrrole nitrogens is 2. The van der Waals surface area contributed by atoms with Crippen LogP contribution in [0.25, 0.3) is 10.9 Å². The van der Waals surface area contributed by atoms with E-state index < -0.39 is 12.1 Å². The summed E-state index contributed by atoms with van der Waals surface area (Å²) in [6, 6.07) is 8.52. The van der Waals surface area contributed by atoms with Crippen LogP contribution in [0.2, 0.25) is 0 Å². The van der Waals surface area contributed by atoms with Crippen LogP contribution in [0.15, 0.2) is 30.3 Å². The average Bonchev–Trinajstić information content (AvgIpc) is 3.18. The van der Waals surface area contributed by atoms with Gasteiger partial charge in [-0.15, -0.1) is 5.10 Å². The van der Waals surface area contributed by atoms with Crippen LogP contribution in [0.3, 0.4) is 0 Å². The van der Waals surface area contributed by atoms with Crippen molar-refractivity contribution < 1.29 is 9.59 Å². The summed E-state index contributed by atoms with van der Waals surface area (Å²) in [4.78, 5) is 27.5. The van der Waals surface area contributed by atoms with Gasteiger partial charge in [-0.2, -0.15) is 0 Å². The number of para-hydroxylation sites is 1. The Kier molecular flexibility index (Phi) is 5.10. The molecule has 0 bridgehead atoms. The van der Waals surface area contributed by atoms with E-state index in [1.165, 1.54) is 7.05 Å². The SMILES string of the molecule is CNC(=O)[C@H](Cc1cc2ccccc2[nH]1)NC(=O)Nc1n[nH]c(=S)s1. The Bertz CT molecular complexity index is 927. The molecule has 0 aliphatic heterocycles. The van der Waals surface area contributed by atoms with Crippen LogP contribution in [0.1, 0.15) is 5.69 Å². The van der Waals surface area contributed by atoms with Crippen molar-refractivity contribution in [1.29, 1.82) is 0 Å². The molecule has 2 aromatic heterocycles. The van der Waals surface area contributed by atoms with Gasteiger partial charge in [0.05, 0.1) is 0 Å². The van der Waals surface area contributed by atoms with Crippen molar-refractivity contribution in [2.24, 2.45) is 0 Å². The number of aromatic nitrogens is 3. The monoisotopic (exact) mass is 376 g/mol. The summed E-state index contributed by atoms with van der Waals surface area (Å²) < 4.78 is 0.455. The number of rotatable bonds is 5. The second kappa shape index (κ2) is 7.45. The third-order valence-electron chi connectivity index (χ3n) is 3.54. The highest BCUT2D eigenvalue weighted by Crippen LogP contribution is 2.16. The first-order valence-electron chi connectivity index (χ1n) is 7.46. The fraction of sp³-hybridized carbons (Fsp3) is 0.200. The number of nitrogens with one attached hydrogen (secondary N) is 5. The molecule has 1 atom stereocenters. The minimum absolute atomic E-state index is 0.288. The van der Waals surface area contributed by atoms with Crippen LogP contribution in [-0.4, -0.2) is 40.2 Å². The van der Waals surface area contributed by atoms with E-state index in [0.29, 0.717) is 15.5 Å². The van der Waals surface area contributed by atoms with Gasteiger partial charge in [-0.3, -0.25) is 15.2 Å². The zero-order valence-electron chi connectivity index (χ0n) is 13.3. The number of benzene rings is 1. The highest BCUT2D eigenvalue weighted by atomic mass is 32.1. The summed E-state index contributed by atoms with van der Waals surface area (Å²) in [5.74, 6) is -0.288. The van der Waals surface area contributed by atoms with E-state index in [9.17, 15) is 9.59 Å². The number of hydrogen-bond donors (Lipinski definition) is 5. The van der Waals surface area contributed by atoms with Gasteiger partial charge in [0.1, 0.15) is 6.04 Å². The maximum atomic E-state index is 12.1. The molecule has 130 valence electrons. The van der Waals surface area contributed by atoms with E-state index in [2.05, 4.69) is 31.1 Å². The Morgan fingerprint density at radius 2 is 2.16 bits per heavy atom. The number of hydrogen-bond acceptors (Lipinski definition) is 5. The number of likely N-dealkylation sites (N-methyl/N-ethyl adjacent to an activating group) is 1. The first kappa shape index (κ1) is 17.1. The quantitative estimate of drug-likeness (QED) is 0.439. The van der Waals surface area contributed by atoms with Gasteiger partial charge < -0.3 is 15.6 Å². The van der Waals surface area contributed by atoms with Crippen LogP contribution in [-0.2, 0) is 11.2 Å². The van der Waals surface area contributed by atoms with Gasteiger partial charge in [-0.05, 0) is 29.7 Å². The molecule has 1 aromatic carbocycles. The Balaban J connectivity index is 1.71. The number of carbonyl (C=O) groups is 2. The Morgan fingerprint density at radius 1 is 1.36 bits per heavy atom.